The molecule has 4 heterocycles. The van der Waals surface area contributed by atoms with Gasteiger partial charge in [0.05, 0.1) is 36.8 Å². The molecule has 0 saturated carbocycles. The molecule has 2 aliphatic heterocycles. The molecule has 37 heavy (non-hydrogen) atoms. The van der Waals surface area contributed by atoms with Gasteiger partial charge in [-0.2, -0.15) is 0 Å². The second kappa shape index (κ2) is 9.75. The number of benzene rings is 1. The molecule has 0 radical (unpaired) electrons. The van der Waals surface area contributed by atoms with Gasteiger partial charge in [-0.25, -0.2) is 23.1 Å². The Kier molecular flexibility index (Phi) is 6.63. The van der Waals surface area contributed by atoms with Gasteiger partial charge in [-0.15, -0.1) is 0 Å². The van der Waals surface area contributed by atoms with Crippen molar-refractivity contribution >= 4 is 22.8 Å². The molecule has 2 aliphatic rings. The number of morpholine rings is 1. The zero-order chi connectivity index (χ0) is 26.3. The Morgan fingerprint density at radius 3 is 2.73 bits per heavy atom. The normalized spacial score (nSPS) is 20.6. The average molecular weight is 518 g/mol. The molecule has 1 N–H and O–H groups in total. The van der Waals surface area contributed by atoms with Gasteiger partial charge in [0, 0.05) is 32.2 Å². The van der Waals surface area contributed by atoms with Crippen LogP contribution in [0.3, 0.4) is 0 Å². The molecule has 5 rings (SSSR count). The van der Waals surface area contributed by atoms with E-state index in [1.54, 1.807) is 11.8 Å². The molecule has 12 heteroatoms. The molecule has 1 spiro atoms. The third-order valence-electron chi connectivity index (χ3n) is 6.95. The maximum absolute atomic E-state index is 14.7. The summed E-state index contributed by atoms with van der Waals surface area (Å²) in [6.45, 7) is 3.50. The maximum Gasteiger partial charge on any atom is 0.266 e. The van der Waals surface area contributed by atoms with Crippen LogP contribution in [0.1, 0.15) is 47.3 Å². The summed E-state index contributed by atoms with van der Waals surface area (Å²) >= 11 is 0. The summed E-state index contributed by atoms with van der Waals surface area (Å²) in [5.41, 5.74) is -1.56. The highest BCUT2D eigenvalue weighted by Crippen LogP contribution is 2.31. The Hall–Kier alpha value is -3.51. The number of rotatable bonds is 5. The second-order valence-corrected chi connectivity index (χ2v) is 9.36. The minimum atomic E-state index is -2.95. The van der Waals surface area contributed by atoms with Crippen LogP contribution in [-0.4, -0.2) is 63.9 Å². The summed E-state index contributed by atoms with van der Waals surface area (Å²) < 4.78 is 53.8. The fourth-order valence-electron chi connectivity index (χ4n) is 4.91. The lowest BCUT2D eigenvalue weighted by molar-refractivity contribution is -0.0995. The summed E-state index contributed by atoms with van der Waals surface area (Å²) in [7, 11) is 1.50. The molecule has 1 amide bonds. The second-order valence-electron chi connectivity index (χ2n) is 9.36. The lowest BCUT2D eigenvalue weighted by Crippen LogP contribution is -2.54. The van der Waals surface area contributed by atoms with Gasteiger partial charge in [0.25, 0.3) is 17.9 Å². The van der Waals surface area contributed by atoms with E-state index < -0.39 is 40.9 Å². The number of pyridine rings is 1. The van der Waals surface area contributed by atoms with Crippen molar-refractivity contribution in [2.24, 2.45) is 7.05 Å². The Balaban J connectivity index is 1.50. The van der Waals surface area contributed by atoms with Crippen LogP contribution in [0.4, 0.5) is 19.0 Å². The number of carbonyl (C=O) groups excluding carboxylic acids is 1. The number of carbonyl (C=O) groups is 1. The van der Waals surface area contributed by atoms with E-state index in [0.717, 1.165) is 6.07 Å². The van der Waals surface area contributed by atoms with Crippen molar-refractivity contribution in [3.63, 3.8) is 0 Å². The molecule has 196 valence electrons. The first-order valence-corrected chi connectivity index (χ1v) is 11.9. The molecule has 3 aromatic rings. The molecule has 0 bridgehead atoms. The predicted octanol–water partition coefficient (Wildman–Crippen LogP) is 3.21. The molecule has 9 nitrogen and oxygen atoms in total. The van der Waals surface area contributed by atoms with Crippen LogP contribution < -0.4 is 10.9 Å². The molecule has 0 aliphatic carbocycles. The zero-order valence-corrected chi connectivity index (χ0v) is 20.3. The fourth-order valence-corrected chi connectivity index (χ4v) is 4.91. The van der Waals surface area contributed by atoms with E-state index in [2.05, 4.69) is 15.3 Å². The number of aromatic nitrogens is 3. The zero-order valence-electron chi connectivity index (χ0n) is 20.3. The Labute approximate surface area is 210 Å². The van der Waals surface area contributed by atoms with Crippen molar-refractivity contribution in [2.45, 2.75) is 31.4 Å². The smallest absolute Gasteiger partial charge is 0.266 e. The Morgan fingerprint density at radius 2 is 2.00 bits per heavy atom. The minimum absolute atomic E-state index is 0.0306. The van der Waals surface area contributed by atoms with E-state index in [0.29, 0.717) is 44.7 Å². The summed E-state index contributed by atoms with van der Waals surface area (Å²) in [4.78, 5) is 36.6. The van der Waals surface area contributed by atoms with Gasteiger partial charge in [-0.05, 0) is 13.0 Å². The van der Waals surface area contributed by atoms with Crippen LogP contribution in [0.5, 0.6) is 0 Å². The first kappa shape index (κ1) is 25.2. The maximum atomic E-state index is 14.7. The monoisotopic (exact) mass is 517 g/mol. The van der Waals surface area contributed by atoms with E-state index in [1.165, 1.54) is 36.1 Å². The van der Waals surface area contributed by atoms with Crippen molar-refractivity contribution in [3.05, 3.63) is 63.5 Å². The van der Waals surface area contributed by atoms with Gasteiger partial charge in [0.2, 0.25) is 0 Å². The van der Waals surface area contributed by atoms with Crippen LogP contribution in [0, 0.1) is 5.82 Å². The van der Waals surface area contributed by atoms with Crippen LogP contribution >= 0.6 is 0 Å². The standard InChI is InChI=1S/C25H26F3N5O4/c1-14(15-4-3-5-16(19(15)26)20(27)28)31-21-17-10-18(23(34)32(2)22(17)30-13-29-21)24(35)33-7-9-37-25(11-33)6-8-36-12-25/h3-5,10,13-14,20H,6-9,11-12H2,1-2H3,(H,29,30,31)/t14-,25?/m1/s1. The topological polar surface area (TPSA) is 98.6 Å². The summed E-state index contributed by atoms with van der Waals surface area (Å²) in [5.74, 6) is -1.22. The number of nitrogens with one attached hydrogen (secondary N) is 1. The first-order valence-electron chi connectivity index (χ1n) is 11.9. The lowest BCUT2D eigenvalue weighted by Gasteiger charge is -2.39. The number of hydrogen-bond acceptors (Lipinski definition) is 7. The Morgan fingerprint density at radius 1 is 1.22 bits per heavy atom. The number of aryl methyl sites for hydroxylation is 1. The summed E-state index contributed by atoms with van der Waals surface area (Å²) in [6.07, 6.45) is -1.06. The van der Waals surface area contributed by atoms with E-state index in [9.17, 15) is 22.8 Å². The molecule has 2 saturated heterocycles. The van der Waals surface area contributed by atoms with Gasteiger partial charge < -0.3 is 19.7 Å². The molecule has 1 unspecified atom stereocenters. The van der Waals surface area contributed by atoms with Gasteiger partial charge in [-0.3, -0.25) is 14.2 Å². The molecule has 1 aromatic carbocycles. The van der Waals surface area contributed by atoms with Crippen molar-refractivity contribution in [1.29, 1.82) is 0 Å². The number of anilines is 1. The van der Waals surface area contributed by atoms with Crippen LogP contribution in [0.2, 0.25) is 0 Å². The van der Waals surface area contributed by atoms with E-state index >= 15 is 0 Å². The van der Waals surface area contributed by atoms with E-state index in [-0.39, 0.29) is 22.6 Å². The third kappa shape index (κ3) is 4.55. The van der Waals surface area contributed by atoms with Crippen LogP contribution in [0.25, 0.3) is 11.0 Å². The SMILES string of the molecule is C[C@@H](Nc1ncnc2c1cc(C(=O)N1CCOC3(CCOC3)C1)c(=O)n2C)c1cccc(C(F)F)c1F. The van der Waals surface area contributed by atoms with Gasteiger partial charge in [0.1, 0.15) is 34.8 Å². The first-order chi connectivity index (χ1) is 17.7. The highest BCUT2D eigenvalue weighted by atomic mass is 19.3. The van der Waals surface area contributed by atoms with Crippen LogP contribution in [-0.2, 0) is 16.5 Å². The number of halogens is 3. The summed E-state index contributed by atoms with van der Waals surface area (Å²) in [5, 5.41) is 3.39. The molecular formula is C25H26F3N5O4. The van der Waals surface area contributed by atoms with Crippen LogP contribution in [0.15, 0.2) is 35.4 Å². The number of nitrogens with zero attached hydrogens (tertiary/aromatic N) is 4. The van der Waals surface area contributed by atoms with Gasteiger partial charge in [-0.1, -0.05) is 18.2 Å². The molecule has 2 atom stereocenters. The highest BCUT2D eigenvalue weighted by molar-refractivity contribution is 5.99. The van der Waals surface area contributed by atoms with Gasteiger partial charge in [0.15, 0.2) is 0 Å². The lowest BCUT2D eigenvalue weighted by atomic mass is 10.00. The van der Waals surface area contributed by atoms with Crippen molar-refractivity contribution in [1.82, 2.24) is 19.4 Å². The van der Waals surface area contributed by atoms with E-state index in [4.69, 9.17) is 9.47 Å². The number of amides is 1. The quantitative estimate of drug-likeness (QED) is 0.555. The third-order valence-corrected chi connectivity index (χ3v) is 6.95. The minimum Gasteiger partial charge on any atom is -0.378 e. The highest BCUT2D eigenvalue weighted by Gasteiger charge is 2.42. The summed E-state index contributed by atoms with van der Waals surface area (Å²) in [6, 6.07) is 4.48. The number of fused-ring (bicyclic) bond motifs is 1. The van der Waals surface area contributed by atoms with Crippen molar-refractivity contribution < 1.29 is 27.4 Å². The molecular weight excluding hydrogens is 491 g/mol. The van der Waals surface area contributed by atoms with Gasteiger partial charge >= 0.3 is 0 Å². The fraction of sp³-hybridized carbons (Fsp3) is 0.440. The average Bonchev–Trinajstić information content (AvgIpc) is 3.33. The number of alkyl halides is 2. The molecule has 2 aromatic heterocycles. The van der Waals surface area contributed by atoms with Crippen molar-refractivity contribution in [2.75, 3.05) is 38.2 Å². The molecule has 2 fully saturated rings. The number of ether oxygens (including phenoxy) is 2. The Bertz CT molecular complexity index is 1410. The van der Waals surface area contributed by atoms with E-state index in [1.807, 2.05) is 0 Å². The predicted molar refractivity (Wildman–Crippen MR) is 128 cm³/mol. The number of hydrogen-bond donors (Lipinski definition) is 1. The van der Waals surface area contributed by atoms with Crippen molar-refractivity contribution in [3.8, 4) is 0 Å². The largest absolute Gasteiger partial charge is 0.378 e.